The monoisotopic (exact) mass is 338 g/mol. The lowest BCUT2D eigenvalue weighted by Gasteiger charge is -2.07. The number of nitrogens with zero attached hydrogens (tertiary/aromatic N) is 1. The minimum atomic E-state index is -0.508. The summed E-state index contributed by atoms with van der Waals surface area (Å²) < 4.78 is 15.9. The van der Waals surface area contributed by atoms with Crippen molar-refractivity contribution < 1.29 is 18.8 Å². The van der Waals surface area contributed by atoms with E-state index in [9.17, 15) is 4.79 Å². The molecule has 0 fully saturated rings. The molecule has 2 N–H and O–H groups in total. The zero-order valence-electron chi connectivity index (χ0n) is 13.8. The van der Waals surface area contributed by atoms with Gasteiger partial charge in [-0.15, -0.1) is 0 Å². The SMILES string of the molecule is CCOC(=O)c1cc(-c2cccc(OCc3cccc(N)c3)c2)on1. The van der Waals surface area contributed by atoms with Crippen LogP contribution in [0.4, 0.5) is 5.69 Å². The molecule has 2 aromatic carbocycles. The summed E-state index contributed by atoms with van der Waals surface area (Å²) in [5, 5.41) is 3.74. The number of benzene rings is 2. The predicted molar refractivity (Wildman–Crippen MR) is 93.1 cm³/mol. The molecule has 6 nitrogen and oxygen atoms in total. The number of ether oxygens (including phenoxy) is 2. The van der Waals surface area contributed by atoms with E-state index in [1.807, 2.05) is 48.5 Å². The maximum Gasteiger partial charge on any atom is 0.360 e. The molecule has 1 aromatic heterocycles. The first-order valence-corrected chi connectivity index (χ1v) is 7.87. The first kappa shape index (κ1) is 16.6. The van der Waals surface area contributed by atoms with E-state index in [0.29, 0.717) is 23.8 Å². The van der Waals surface area contributed by atoms with Crippen molar-refractivity contribution in [2.45, 2.75) is 13.5 Å². The molecule has 0 saturated heterocycles. The minimum Gasteiger partial charge on any atom is -0.489 e. The fourth-order valence-corrected chi connectivity index (χ4v) is 2.30. The second-order valence-corrected chi connectivity index (χ2v) is 5.36. The molecule has 1 heterocycles. The van der Waals surface area contributed by atoms with Gasteiger partial charge < -0.3 is 19.7 Å². The number of nitrogens with two attached hydrogens (primary N) is 1. The fraction of sp³-hybridized carbons (Fsp3) is 0.158. The predicted octanol–water partition coefficient (Wildman–Crippen LogP) is 3.68. The summed E-state index contributed by atoms with van der Waals surface area (Å²) in [7, 11) is 0. The van der Waals surface area contributed by atoms with Gasteiger partial charge in [0.2, 0.25) is 0 Å². The highest BCUT2D eigenvalue weighted by Gasteiger charge is 2.14. The molecule has 6 heteroatoms. The molecule has 128 valence electrons. The minimum absolute atomic E-state index is 0.142. The molecule has 0 bridgehead atoms. The van der Waals surface area contributed by atoms with Crippen molar-refractivity contribution in [2.24, 2.45) is 0 Å². The van der Waals surface area contributed by atoms with Crippen molar-refractivity contribution in [1.82, 2.24) is 5.16 Å². The molecule has 0 spiro atoms. The highest BCUT2D eigenvalue weighted by Crippen LogP contribution is 2.25. The van der Waals surface area contributed by atoms with E-state index in [4.69, 9.17) is 19.7 Å². The topological polar surface area (TPSA) is 87.6 Å². The standard InChI is InChI=1S/C19H18N2O4/c1-2-23-19(22)17-11-18(25-21-17)14-6-4-8-16(10-14)24-12-13-5-3-7-15(20)9-13/h3-11H,2,12,20H2,1H3. The summed E-state index contributed by atoms with van der Waals surface area (Å²) >= 11 is 0. The van der Waals surface area contributed by atoms with E-state index in [-0.39, 0.29) is 12.3 Å². The molecule has 3 rings (SSSR count). The number of hydrogen-bond donors (Lipinski definition) is 1. The van der Waals surface area contributed by atoms with Gasteiger partial charge in [0.1, 0.15) is 12.4 Å². The molecule has 0 radical (unpaired) electrons. The maximum absolute atomic E-state index is 11.7. The van der Waals surface area contributed by atoms with Crippen LogP contribution in [0.25, 0.3) is 11.3 Å². The Kier molecular flexibility index (Phi) is 4.99. The van der Waals surface area contributed by atoms with Crippen molar-refractivity contribution in [3.8, 4) is 17.1 Å². The molecule has 25 heavy (non-hydrogen) atoms. The highest BCUT2D eigenvalue weighted by atomic mass is 16.5. The van der Waals surface area contributed by atoms with Gasteiger partial charge in [-0.25, -0.2) is 4.79 Å². The molecular weight excluding hydrogens is 320 g/mol. The van der Waals surface area contributed by atoms with Gasteiger partial charge in [0.15, 0.2) is 11.5 Å². The molecule has 0 aliphatic heterocycles. The van der Waals surface area contributed by atoms with Crippen LogP contribution >= 0.6 is 0 Å². The molecule has 0 atom stereocenters. The van der Waals surface area contributed by atoms with Crippen LogP contribution < -0.4 is 10.5 Å². The van der Waals surface area contributed by atoms with Crippen LogP contribution in [0.1, 0.15) is 23.0 Å². The average Bonchev–Trinajstić information content (AvgIpc) is 3.11. The van der Waals surface area contributed by atoms with Crippen molar-refractivity contribution in [3.05, 3.63) is 65.9 Å². The van der Waals surface area contributed by atoms with Crippen LogP contribution in [0.2, 0.25) is 0 Å². The van der Waals surface area contributed by atoms with Crippen LogP contribution in [-0.2, 0) is 11.3 Å². The van der Waals surface area contributed by atoms with Crippen molar-refractivity contribution in [1.29, 1.82) is 0 Å². The summed E-state index contributed by atoms with van der Waals surface area (Å²) in [5.74, 6) is 0.637. The van der Waals surface area contributed by atoms with Gasteiger partial charge in [-0.2, -0.15) is 0 Å². The van der Waals surface area contributed by atoms with Gasteiger partial charge in [0, 0.05) is 17.3 Å². The van der Waals surface area contributed by atoms with Crippen LogP contribution in [0.3, 0.4) is 0 Å². The van der Waals surface area contributed by atoms with Gasteiger partial charge in [-0.3, -0.25) is 0 Å². The molecule has 0 saturated carbocycles. The first-order chi connectivity index (χ1) is 12.2. The van der Waals surface area contributed by atoms with Gasteiger partial charge in [0.25, 0.3) is 0 Å². The molecule has 0 aliphatic carbocycles. The third-order valence-corrected chi connectivity index (χ3v) is 3.47. The number of carbonyl (C=O) groups is 1. The Morgan fingerprint density at radius 1 is 1.16 bits per heavy atom. The van der Waals surface area contributed by atoms with Crippen LogP contribution in [0, 0.1) is 0 Å². The zero-order valence-corrected chi connectivity index (χ0v) is 13.8. The van der Waals surface area contributed by atoms with Crippen molar-refractivity contribution in [3.63, 3.8) is 0 Å². The third kappa shape index (κ3) is 4.17. The van der Waals surface area contributed by atoms with Gasteiger partial charge in [0.05, 0.1) is 6.61 Å². The zero-order chi connectivity index (χ0) is 17.6. The lowest BCUT2D eigenvalue weighted by Crippen LogP contribution is -2.04. The summed E-state index contributed by atoms with van der Waals surface area (Å²) in [4.78, 5) is 11.7. The highest BCUT2D eigenvalue weighted by molar-refractivity contribution is 5.88. The molecule has 0 amide bonds. The largest absolute Gasteiger partial charge is 0.489 e. The smallest absolute Gasteiger partial charge is 0.360 e. The second-order valence-electron chi connectivity index (χ2n) is 5.36. The van der Waals surface area contributed by atoms with E-state index in [0.717, 1.165) is 11.1 Å². The Labute approximate surface area is 145 Å². The van der Waals surface area contributed by atoms with Crippen molar-refractivity contribution in [2.75, 3.05) is 12.3 Å². The number of nitrogen functional groups attached to an aromatic ring is 1. The van der Waals surface area contributed by atoms with Crippen LogP contribution in [-0.4, -0.2) is 17.7 Å². The third-order valence-electron chi connectivity index (χ3n) is 3.47. The molecule has 3 aromatic rings. The summed E-state index contributed by atoms with van der Waals surface area (Å²) in [6.07, 6.45) is 0. The normalized spacial score (nSPS) is 10.4. The average molecular weight is 338 g/mol. The molecule has 0 unspecified atom stereocenters. The quantitative estimate of drug-likeness (QED) is 0.545. The van der Waals surface area contributed by atoms with Crippen LogP contribution in [0.15, 0.2) is 59.1 Å². The summed E-state index contributed by atoms with van der Waals surface area (Å²) in [6.45, 7) is 2.42. The molecule has 0 aliphatic rings. The number of aromatic nitrogens is 1. The van der Waals surface area contributed by atoms with E-state index < -0.39 is 5.97 Å². The number of anilines is 1. The Balaban J connectivity index is 1.72. The number of esters is 1. The number of carbonyl (C=O) groups excluding carboxylic acids is 1. The Bertz CT molecular complexity index is 873. The number of rotatable bonds is 6. The van der Waals surface area contributed by atoms with Crippen LogP contribution in [0.5, 0.6) is 5.75 Å². The molecular formula is C19H18N2O4. The summed E-state index contributed by atoms with van der Waals surface area (Å²) in [5.41, 5.74) is 8.34. The Morgan fingerprint density at radius 2 is 2.00 bits per heavy atom. The van der Waals surface area contributed by atoms with E-state index in [1.54, 1.807) is 13.0 Å². The maximum atomic E-state index is 11.7. The fourth-order valence-electron chi connectivity index (χ4n) is 2.30. The van der Waals surface area contributed by atoms with Gasteiger partial charge in [-0.1, -0.05) is 29.4 Å². The van der Waals surface area contributed by atoms with E-state index in [2.05, 4.69) is 5.16 Å². The Morgan fingerprint density at radius 3 is 2.80 bits per heavy atom. The Hall–Kier alpha value is -3.28. The number of hydrogen-bond acceptors (Lipinski definition) is 6. The van der Waals surface area contributed by atoms with Gasteiger partial charge in [-0.05, 0) is 36.8 Å². The van der Waals surface area contributed by atoms with Crippen molar-refractivity contribution >= 4 is 11.7 Å². The summed E-state index contributed by atoms with van der Waals surface area (Å²) in [6, 6.07) is 16.4. The van der Waals surface area contributed by atoms with E-state index in [1.165, 1.54) is 0 Å². The first-order valence-electron chi connectivity index (χ1n) is 7.87. The lowest BCUT2D eigenvalue weighted by atomic mass is 10.1. The van der Waals surface area contributed by atoms with E-state index >= 15 is 0 Å². The van der Waals surface area contributed by atoms with Gasteiger partial charge >= 0.3 is 5.97 Å². The lowest BCUT2D eigenvalue weighted by molar-refractivity contribution is 0.0514. The second kappa shape index (κ2) is 7.53.